The smallest absolute Gasteiger partial charge is 0.0726 e. The van der Waals surface area contributed by atoms with Gasteiger partial charge < -0.3 is 10.6 Å². The molecule has 2 N–H and O–H groups in total. The van der Waals surface area contributed by atoms with E-state index in [0.29, 0.717) is 0 Å². The van der Waals surface area contributed by atoms with E-state index in [0.717, 1.165) is 22.7 Å². The Bertz CT molecular complexity index is 4270. The van der Waals surface area contributed by atoms with Gasteiger partial charge in [-0.3, -0.25) is 0 Å². The molecule has 0 aromatic heterocycles. The molecule has 0 radical (unpaired) electrons. The third kappa shape index (κ3) is 6.70. The molecule has 0 amide bonds. The van der Waals surface area contributed by atoms with Crippen LogP contribution in [0.4, 0.5) is 22.7 Å². The summed E-state index contributed by atoms with van der Waals surface area (Å²) in [5.41, 5.74) is 33.3. The molecule has 17 rings (SSSR count). The van der Waals surface area contributed by atoms with E-state index < -0.39 is 5.41 Å². The first-order valence-corrected chi connectivity index (χ1v) is 29.0. The summed E-state index contributed by atoms with van der Waals surface area (Å²) >= 11 is 0. The van der Waals surface area contributed by atoms with Crippen molar-refractivity contribution in [3.05, 3.63) is 346 Å². The summed E-state index contributed by atoms with van der Waals surface area (Å²) in [4.78, 5) is 0. The summed E-state index contributed by atoms with van der Waals surface area (Å²) in [6.45, 7) is 9.35. The number of fused-ring (bicyclic) bond motifs is 19. The lowest BCUT2D eigenvalue weighted by Gasteiger charge is -2.34. The van der Waals surface area contributed by atoms with Crippen molar-refractivity contribution < 1.29 is 0 Å². The van der Waals surface area contributed by atoms with E-state index in [1.54, 1.807) is 0 Å². The van der Waals surface area contributed by atoms with Crippen molar-refractivity contribution in [3.63, 3.8) is 0 Å². The number of nitrogens with one attached hydrogen (secondary N) is 2. The van der Waals surface area contributed by atoms with E-state index in [4.69, 9.17) is 0 Å². The predicted octanol–water partition coefficient (Wildman–Crippen LogP) is 20.2. The zero-order valence-corrected chi connectivity index (χ0v) is 46.6. The van der Waals surface area contributed by atoms with Gasteiger partial charge in [-0.2, -0.15) is 0 Å². The molecule has 390 valence electrons. The number of hydrogen-bond acceptors (Lipinski definition) is 2. The maximum Gasteiger partial charge on any atom is 0.0726 e. The van der Waals surface area contributed by atoms with E-state index >= 15 is 0 Å². The topological polar surface area (TPSA) is 24.1 Å². The second-order valence-corrected chi connectivity index (χ2v) is 24.0. The van der Waals surface area contributed by atoms with Crippen LogP contribution in [0, 0.1) is 0 Å². The van der Waals surface area contributed by atoms with Crippen molar-refractivity contribution in [3.8, 4) is 55.6 Å². The molecule has 12 aromatic carbocycles. The van der Waals surface area contributed by atoms with E-state index in [2.05, 4.69) is 317 Å². The lowest BCUT2D eigenvalue weighted by atomic mass is 9.67. The largest absolute Gasteiger partial charge is 0.356 e. The molecular formula is C80H60N2. The van der Waals surface area contributed by atoms with Gasteiger partial charge in [-0.05, 0) is 171 Å². The van der Waals surface area contributed by atoms with Crippen molar-refractivity contribution in [1.82, 2.24) is 0 Å². The van der Waals surface area contributed by atoms with Crippen LogP contribution in [-0.4, -0.2) is 0 Å². The molecule has 5 aliphatic rings. The lowest BCUT2D eigenvalue weighted by molar-refractivity contribution is 0.660. The lowest BCUT2D eigenvalue weighted by Crippen LogP contribution is -2.28. The summed E-state index contributed by atoms with van der Waals surface area (Å²) < 4.78 is 0. The molecule has 0 saturated carbocycles. The Morgan fingerprint density at radius 1 is 0.195 bits per heavy atom. The van der Waals surface area contributed by atoms with Crippen molar-refractivity contribution in [2.24, 2.45) is 0 Å². The van der Waals surface area contributed by atoms with Crippen molar-refractivity contribution in [2.45, 2.75) is 49.4 Å². The van der Waals surface area contributed by atoms with Crippen LogP contribution in [0.5, 0.6) is 0 Å². The monoisotopic (exact) mass is 1050 g/mol. The standard InChI is InChI=1S/C40H29N.C40H31N/c1-39(2)33-15-7-3-11-27(33)31-21-19-25(23-37(31)39)41-26-20-22-32-30-14-6-10-18-36(30)40(38(32)24-26)34-16-8-4-12-28(34)29-13-5-9-17-35(29)40;1-39(2)35-19-11-9-17-31(35)33-23-21-29(25-37(33)39)41-30-22-24-34-32-18-10-12-20-36(32)40(38(34)26-30,27-13-5-3-6-14-27)28-15-7-4-8-16-28/h3-24,41H,1-2H3;3-26,41H,1-2H3. The highest BCUT2D eigenvalue weighted by Gasteiger charge is 2.52. The average molecular weight is 1050 g/mol. The molecule has 0 bridgehead atoms. The summed E-state index contributed by atoms with van der Waals surface area (Å²) in [6, 6.07) is 103. The molecule has 0 heterocycles. The Balaban J connectivity index is 0.000000135. The van der Waals surface area contributed by atoms with Gasteiger partial charge in [0, 0.05) is 33.6 Å². The van der Waals surface area contributed by atoms with Crippen LogP contribution < -0.4 is 10.6 Å². The molecule has 82 heavy (non-hydrogen) atoms. The minimum Gasteiger partial charge on any atom is -0.356 e. The fourth-order valence-electron chi connectivity index (χ4n) is 15.6. The Hall–Kier alpha value is -9.76. The van der Waals surface area contributed by atoms with Gasteiger partial charge >= 0.3 is 0 Å². The van der Waals surface area contributed by atoms with Gasteiger partial charge in [-0.15, -0.1) is 0 Å². The molecule has 5 aliphatic carbocycles. The minimum atomic E-state index is -0.395. The van der Waals surface area contributed by atoms with E-state index in [9.17, 15) is 0 Å². The summed E-state index contributed by atoms with van der Waals surface area (Å²) in [5, 5.41) is 7.60. The van der Waals surface area contributed by atoms with Crippen LogP contribution in [0.2, 0.25) is 0 Å². The van der Waals surface area contributed by atoms with Crippen molar-refractivity contribution in [1.29, 1.82) is 0 Å². The second-order valence-electron chi connectivity index (χ2n) is 24.0. The highest BCUT2D eigenvalue weighted by molar-refractivity contribution is 5.96. The Morgan fingerprint density at radius 3 is 0.768 bits per heavy atom. The fraction of sp³-hybridized carbons (Fsp3) is 0.100. The maximum atomic E-state index is 3.81. The molecule has 1 spiro atoms. The van der Waals surface area contributed by atoms with Crippen LogP contribution in [0.15, 0.2) is 279 Å². The maximum absolute atomic E-state index is 3.81. The molecule has 12 aromatic rings. The molecule has 0 unspecified atom stereocenters. The van der Waals surface area contributed by atoms with Crippen LogP contribution in [0.25, 0.3) is 55.6 Å². The number of benzene rings is 12. The zero-order valence-electron chi connectivity index (χ0n) is 46.6. The fourth-order valence-corrected chi connectivity index (χ4v) is 15.6. The molecular weight excluding hydrogens is 989 g/mol. The van der Waals surface area contributed by atoms with E-state index in [1.807, 2.05) is 0 Å². The van der Waals surface area contributed by atoms with Crippen LogP contribution >= 0.6 is 0 Å². The minimum absolute atomic E-state index is 0.0233. The SMILES string of the molecule is CC1(C)c2ccccc2-c2ccc(Nc3ccc4c(c3)C(c3ccccc3)(c3ccccc3)c3ccccc3-4)cc21.CC1(C)c2ccccc2-c2ccc(Nc3ccc4c(c3)C3(c5ccccc5-c5ccccc53)c3ccccc3-4)cc21. The van der Waals surface area contributed by atoms with Crippen molar-refractivity contribution >= 4 is 22.7 Å². The third-order valence-corrected chi connectivity index (χ3v) is 19.2. The van der Waals surface area contributed by atoms with Gasteiger partial charge in [-0.1, -0.05) is 258 Å². The summed E-state index contributed by atoms with van der Waals surface area (Å²) in [6.07, 6.45) is 0. The molecule has 0 atom stereocenters. The quantitative estimate of drug-likeness (QED) is 0.173. The van der Waals surface area contributed by atoms with Gasteiger partial charge in [0.05, 0.1) is 10.8 Å². The normalized spacial score (nSPS) is 15.2. The van der Waals surface area contributed by atoms with Crippen LogP contribution in [-0.2, 0) is 21.7 Å². The Labute approximate surface area is 481 Å². The van der Waals surface area contributed by atoms with Crippen molar-refractivity contribution in [2.75, 3.05) is 10.6 Å². The number of rotatable bonds is 6. The zero-order chi connectivity index (χ0) is 55.0. The highest BCUT2D eigenvalue weighted by atomic mass is 14.9. The van der Waals surface area contributed by atoms with Crippen LogP contribution in [0.1, 0.15) is 94.5 Å². The first kappa shape index (κ1) is 48.2. The first-order chi connectivity index (χ1) is 40.2. The average Bonchev–Trinajstić information content (AvgIpc) is 1.87. The predicted molar refractivity (Wildman–Crippen MR) is 341 cm³/mol. The summed E-state index contributed by atoms with van der Waals surface area (Å²) in [7, 11) is 0. The van der Waals surface area contributed by atoms with Crippen LogP contribution in [0.3, 0.4) is 0 Å². The molecule has 2 nitrogen and oxygen atoms in total. The Kier molecular flexibility index (Phi) is 10.5. The number of anilines is 4. The second kappa shape index (κ2) is 17.9. The summed E-state index contributed by atoms with van der Waals surface area (Å²) in [5.74, 6) is 0. The Morgan fingerprint density at radius 2 is 0.427 bits per heavy atom. The molecule has 0 fully saturated rings. The molecule has 0 saturated heterocycles. The van der Waals surface area contributed by atoms with Gasteiger partial charge in [-0.25, -0.2) is 0 Å². The highest BCUT2D eigenvalue weighted by Crippen LogP contribution is 2.63. The van der Waals surface area contributed by atoms with E-state index in [-0.39, 0.29) is 16.2 Å². The van der Waals surface area contributed by atoms with Gasteiger partial charge in [0.25, 0.3) is 0 Å². The van der Waals surface area contributed by atoms with E-state index in [1.165, 1.54) is 122 Å². The number of hydrogen-bond donors (Lipinski definition) is 2. The van der Waals surface area contributed by atoms with Gasteiger partial charge in [0.1, 0.15) is 0 Å². The third-order valence-electron chi connectivity index (χ3n) is 19.2. The van der Waals surface area contributed by atoms with Gasteiger partial charge in [0.2, 0.25) is 0 Å². The van der Waals surface area contributed by atoms with Gasteiger partial charge in [0.15, 0.2) is 0 Å². The molecule has 0 aliphatic heterocycles. The first-order valence-electron chi connectivity index (χ1n) is 29.0. The molecule has 2 heteroatoms.